The summed E-state index contributed by atoms with van der Waals surface area (Å²) in [6, 6.07) is 0.579. The van der Waals surface area contributed by atoms with Gasteiger partial charge in [0.05, 0.1) is 13.1 Å². The van der Waals surface area contributed by atoms with Crippen molar-refractivity contribution in [1.82, 2.24) is 4.90 Å². The predicted octanol–water partition coefficient (Wildman–Crippen LogP) is -0.275. The summed E-state index contributed by atoms with van der Waals surface area (Å²) in [5.41, 5.74) is 0. The maximum absolute atomic E-state index is 11.6. The maximum atomic E-state index is 11.6. The Balaban J connectivity index is 1.92. The normalized spacial score (nSPS) is 26.5. The zero-order valence-corrected chi connectivity index (χ0v) is 8.17. The first-order chi connectivity index (χ1) is 6.38. The summed E-state index contributed by atoms with van der Waals surface area (Å²) < 4.78 is 0. The molecule has 2 fully saturated rings. The van der Waals surface area contributed by atoms with Crippen molar-refractivity contribution >= 4 is 5.91 Å². The Morgan fingerprint density at radius 2 is 2.00 bits per heavy atom. The fourth-order valence-corrected chi connectivity index (χ4v) is 2.48. The van der Waals surface area contributed by atoms with E-state index in [1.807, 2.05) is 0 Å². The third-order valence-corrected chi connectivity index (χ3v) is 3.23. The van der Waals surface area contributed by atoms with Crippen molar-refractivity contribution in [3.8, 4) is 0 Å². The number of amides is 1. The Hall–Kier alpha value is -0.570. The molecule has 1 saturated heterocycles. The summed E-state index contributed by atoms with van der Waals surface area (Å²) in [6.07, 6.45) is 6.48. The van der Waals surface area contributed by atoms with Crippen LogP contribution < -0.4 is 5.32 Å². The molecule has 3 heteroatoms. The third kappa shape index (κ3) is 2.02. The van der Waals surface area contributed by atoms with Crippen LogP contribution in [0.3, 0.4) is 0 Å². The van der Waals surface area contributed by atoms with Gasteiger partial charge in [0.25, 0.3) is 5.91 Å². The van der Waals surface area contributed by atoms with Gasteiger partial charge in [-0.25, -0.2) is 0 Å². The Morgan fingerprint density at radius 1 is 1.23 bits per heavy atom. The van der Waals surface area contributed by atoms with Crippen LogP contribution in [0.4, 0.5) is 0 Å². The van der Waals surface area contributed by atoms with Crippen LogP contribution in [0.2, 0.25) is 0 Å². The molecule has 2 aliphatic rings. The first-order valence-electron chi connectivity index (χ1n) is 5.49. The lowest BCUT2D eigenvalue weighted by Gasteiger charge is -2.35. The summed E-state index contributed by atoms with van der Waals surface area (Å²) in [5.74, 6) is 0.359. The van der Waals surface area contributed by atoms with Gasteiger partial charge in [-0.15, -0.1) is 0 Å². The molecule has 13 heavy (non-hydrogen) atoms. The highest BCUT2D eigenvalue weighted by Crippen LogP contribution is 2.22. The van der Waals surface area contributed by atoms with Gasteiger partial charge in [0.1, 0.15) is 0 Å². The number of carbonyl (C=O) groups excluding carboxylic acids is 1. The van der Waals surface area contributed by atoms with Crippen molar-refractivity contribution in [2.75, 3.05) is 19.6 Å². The highest BCUT2D eigenvalue weighted by atomic mass is 16.2. The quantitative estimate of drug-likeness (QED) is 0.596. The van der Waals surface area contributed by atoms with E-state index in [9.17, 15) is 4.79 Å². The van der Waals surface area contributed by atoms with Crippen molar-refractivity contribution in [3.63, 3.8) is 0 Å². The van der Waals surface area contributed by atoms with Crippen molar-refractivity contribution in [2.24, 2.45) is 0 Å². The molecular formula is C10H19N2O+. The molecule has 0 aromatic heterocycles. The number of nitrogens with two attached hydrogens (primary N) is 1. The molecule has 0 spiro atoms. The molecule has 3 nitrogen and oxygen atoms in total. The lowest BCUT2D eigenvalue weighted by Crippen LogP contribution is -2.91. The second-order valence-electron chi connectivity index (χ2n) is 4.16. The van der Waals surface area contributed by atoms with Crippen LogP contribution in [0.1, 0.15) is 32.1 Å². The molecule has 1 heterocycles. The van der Waals surface area contributed by atoms with E-state index in [2.05, 4.69) is 10.2 Å². The van der Waals surface area contributed by atoms with Gasteiger partial charge < -0.3 is 10.2 Å². The minimum Gasteiger partial charge on any atom is -0.337 e. The third-order valence-electron chi connectivity index (χ3n) is 3.23. The molecule has 0 aromatic carbocycles. The Morgan fingerprint density at radius 3 is 2.69 bits per heavy atom. The predicted molar refractivity (Wildman–Crippen MR) is 50.2 cm³/mol. The lowest BCUT2D eigenvalue weighted by atomic mass is 9.94. The Kier molecular flexibility index (Phi) is 2.83. The number of quaternary nitrogens is 1. The summed E-state index contributed by atoms with van der Waals surface area (Å²) in [4.78, 5) is 13.7. The molecule has 1 aliphatic heterocycles. The van der Waals surface area contributed by atoms with Crippen molar-refractivity contribution < 1.29 is 10.1 Å². The van der Waals surface area contributed by atoms with E-state index in [4.69, 9.17) is 0 Å². The van der Waals surface area contributed by atoms with E-state index < -0.39 is 0 Å². The summed E-state index contributed by atoms with van der Waals surface area (Å²) in [7, 11) is 0. The van der Waals surface area contributed by atoms with E-state index in [1.54, 1.807) is 0 Å². The zero-order valence-electron chi connectivity index (χ0n) is 8.17. The van der Waals surface area contributed by atoms with E-state index in [0.29, 0.717) is 18.5 Å². The van der Waals surface area contributed by atoms with Crippen molar-refractivity contribution in [2.45, 2.75) is 38.1 Å². The van der Waals surface area contributed by atoms with Gasteiger partial charge >= 0.3 is 0 Å². The van der Waals surface area contributed by atoms with E-state index in [-0.39, 0.29) is 0 Å². The Bertz CT molecular complexity index is 187. The number of hydrogen-bond donors (Lipinski definition) is 1. The van der Waals surface area contributed by atoms with Gasteiger partial charge in [0, 0.05) is 6.04 Å². The van der Waals surface area contributed by atoms with Crippen molar-refractivity contribution in [1.29, 1.82) is 0 Å². The average molecular weight is 183 g/mol. The molecule has 1 amide bonds. The average Bonchev–Trinajstić information content (AvgIpc) is 2.20. The van der Waals surface area contributed by atoms with Gasteiger partial charge in [0.15, 0.2) is 6.54 Å². The van der Waals surface area contributed by atoms with Gasteiger partial charge in [-0.05, 0) is 12.8 Å². The number of hydrogen-bond acceptors (Lipinski definition) is 1. The fourth-order valence-electron chi connectivity index (χ4n) is 2.48. The number of carbonyl (C=O) groups is 1. The molecule has 2 N–H and O–H groups in total. The standard InChI is InChI=1S/C10H18N2O/c13-10-8-11-6-7-12(10)9-4-2-1-3-5-9/h9,11H,1-8H2/p+1. The maximum Gasteiger partial charge on any atom is 0.278 e. The van der Waals surface area contributed by atoms with Gasteiger partial charge in [-0.1, -0.05) is 19.3 Å². The zero-order chi connectivity index (χ0) is 9.10. The lowest BCUT2D eigenvalue weighted by molar-refractivity contribution is -0.650. The smallest absolute Gasteiger partial charge is 0.278 e. The largest absolute Gasteiger partial charge is 0.337 e. The summed E-state index contributed by atoms with van der Waals surface area (Å²) >= 11 is 0. The second kappa shape index (κ2) is 4.09. The fraction of sp³-hybridized carbons (Fsp3) is 0.900. The molecule has 74 valence electrons. The molecule has 0 aromatic rings. The number of nitrogens with zero attached hydrogens (tertiary/aromatic N) is 1. The molecule has 0 unspecified atom stereocenters. The van der Waals surface area contributed by atoms with Crippen LogP contribution in [0.15, 0.2) is 0 Å². The van der Waals surface area contributed by atoms with E-state index in [0.717, 1.165) is 13.1 Å². The first-order valence-corrected chi connectivity index (χ1v) is 5.49. The van der Waals surface area contributed by atoms with Crippen LogP contribution >= 0.6 is 0 Å². The van der Waals surface area contributed by atoms with E-state index in [1.165, 1.54) is 32.1 Å². The van der Waals surface area contributed by atoms with Crippen molar-refractivity contribution in [3.05, 3.63) is 0 Å². The molecule has 2 rings (SSSR count). The topological polar surface area (TPSA) is 36.9 Å². The SMILES string of the molecule is O=C1C[NH2+]CCN1C1CCCCC1. The number of rotatable bonds is 1. The molecule has 1 saturated carbocycles. The monoisotopic (exact) mass is 183 g/mol. The Labute approximate surface area is 79.5 Å². The van der Waals surface area contributed by atoms with Gasteiger partial charge in [-0.2, -0.15) is 0 Å². The number of piperazine rings is 1. The van der Waals surface area contributed by atoms with E-state index >= 15 is 0 Å². The second-order valence-corrected chi connectivity index (χ2v) is 4.16. The minimum atomic E-state index is 0.359. The van der Waals surface area contributed by atoms with Crippen LogP contribution in [-0.2, 0) is 4.79 Å². The van der Waals surface area contributed by atoms with Crippen LogP contribution in [0, 0.1) is 0 Å². The highest BCUT2D eigenvalue weighted by molar-refractivity contribution is 5.77. The van der Waals surface area contributed by atoms with Gasteiger partial charge in [-0.3, -0.25) is 4.79 Å². The first kappa shape index (κ1) is 9.00. The molecule has 1 aliphatic carbocycles. The molecule has 0 bridgehead atoms. The minimum absolute atomic E-state index is 0.359. The molecule has 0 atom stereocenters. The van der Waals surface area contributed by atoms with Gasteiger partial charge in [0.2, 0.25) is 0 Å². The van der Waals surface area contributed by atoms with Crippen LogP contribution in [0.5, 0.6) is 0 Å². The molecular weight excluding hydrogens is 164 g/mol. The summed E-state index contributed by atoms with van der Waals surface area (Å²) in [6.45, 7) is 2.75. The van der Waals surface area contributed by atoms with Crippen LogP contribution in [0.25, 0.3) is 0 Å². The molecule has 0 radical (unpaired) electrons. The summed E-state index contributed by atoms with van der Waals surface area (Å²) in [5, 5.41) is 2.11. The highest BCUT2D eigenvalue weighted by Gasteiger charge is 2.28. The van der Waals surface area contributed by atoms with Crippen LogP contribution in [-0.4, -0.2) is 36.5 Å².